The summed E-state index contributed by atoms with van der Waals surface area (Å²) >= 11 is 0. The van der Waals surface area contributed by atoms with Gasteiger partial charge in [0.15, 0.2) is 0 Å². The zero-order valence-corrected chi connectivity index (χ0v) is 8.00. The average Bonchev–Trinajstić information content (AvgIpc) is 2.44. The predicted octanol–water partition coefficient (Wildman–Crippen LogP) is 2.22. The van der Waals surface area contributed by atoms with Crippen molar-refractivity contribution in [3.63, 3.8) is 0 Å². The molecular weight excluding hydrogens is 176 g/mol. The summed E-state index contributed by atoms with van der Waals surface area (Å²) in [7, 11) is 0. The van der Waals surface area contributed by atoms with E-state index in [0.717, 1.165) is 22.3 Å². The van der Waals surface area contributed by atoms with Gasteiger partial charge in [0.2, 0.25) is 0 Å². The Hall–Kier alpha value is -1.77. The second kappa shape index (κ2) is 3.18. The number of furan rings is 1. The first kappa shape index (κ1) is 8.81. The lowest BCUT2D eigenvalue weighted by Gasteiger charge is -1.94. The fraction of sp³-hybridized carbons (Fsp3) is 0.182. The normalized spacial score (nSPS) is 10.6. The first-order chi connectivity index (χ1) is 6.68. The lowest BCUT2D eigenvalue weighted by Crippen LogP contribution is -2.12. The van der Waals surface area contributed by atoms with Gasteiger partial charge in [0.1, 0.15) is 11.3 Å². The van der Waals surface area contributed by atoms with Gasteiger partial charge >= 0.3 is 0 Å². The smallest absolute Gasteiger partial charge is 0.134 e. The van der Waals surface area contributed by atoms with Crippen LogP contribution in [0, 0.1) is 12.3 Å². The van der Waals surface area contributed by atoms with Crippen molar-refractivity contribution in [3.05, 3.63) is 35.6 Å². The number of fused-ring (bicyclic) bond motifs is 1. The molecule has 1 heterocycles. The van der Waals surface area contributed by atoms with E-state index >= 15 is 0 Å². The minimum atomic E-state index is 0.132. The van der Waals surface area contributed by atoms with E-state index in [1.54, 1.807) is 0 Å². The monoisotopic (exact) mass is 188 g/mol. The van der Waals surface area contributed by atoms with Gasteiger partial charge in [-0.25, -0.2) is 0 Å². The Morgan fingerprint density at radius 1 is 1.43 bits per heavy atom. The molecule has 0 saturated carbocycles. The van der Waals surface area contributed by atoms with Gasteiger partial charge in [-0.3, -0.25) is 5.41 Å². The van der Waals surface area contributed by atoms with Gasteiger partial charge in [-0.15, -0.1) is 0 Å². The van der Waals surface area contributed by atoms with Crippen LogP contribution in [0.1, 0.15) is 11.3 Å². The molecule has 0 unspecified atom stereocenters. The van der Waals surface area contributed by atoms with Crippen molar-refractivity contribution < 1.29 is 4.42 Å². The van der Waals surface area contributed by atoms with E-state index in [9.17, 15) is 0 Å². The van der Waals surface area contributed by atoms with Crippen LogP contribution in [0.2, 0.25) is 0 Å². The van der Waals surface area contributed by atoms with Gasteiger partial charge in [0.25, 0.3) is 0 Å². The van der Waals surface area contributed by atoms with Gasteiger partial charge in [-0.2, -0.15) is 0 Å². The van der Waals surface area contributed by atoms with Crippen molar-refractivity contribution in [2.75, 3.05) is 0 Å². The van der Waals surface area contributed by atoms with Gasteiger partial charge in [0, 0.05) is 5.39 Å². The zero-order valence-electron chi connectivity index (χ0n) is 8.00. The first-order valence-electron chi connectivity index (χ1n) is 4.48. The Balaban J connectivity index is 2.57. The van der Waals surface area contributed by atoms with Crippen LogP contribution in [-0.4, -0.2) is 5.84 Å². The molecule has 3 heteroatoms. The quantitative estimate of drug-likeness (QED) is 0.560. The van der Waals surface area contributed by atoms with Crippen LogP contribution in [0.4, 0.5) is 0 Å². The number of para-hydroxylation sites is 1. The second-order valence-corrected chi connectivity index (χ2v) is 3.35. The molecule has 3 nitrogen and oxygen atoms in total. The molecule has 0 bridgehead atoms. The van der Waals surface area contributed by atoms with Gasteiger partial charge in [-0.1, -0.05) is 18.2 Å². The van der Waals surface area contributed by atoms with Crippen LogP contribution in [0.25, 0.3) is 11.0 Å². The topological polar surface area (TPSA) is 63.0 Å². The SMILES string of the molecule is Cc1c(CC(=N)N)oc2ccccc12. The van der Waals surface area contributed by atoms with Crippen molar-refractivity contribution in [2.45, 2.75) is 13.3 Å². The minimum Gasteiger partial charge on any atom is -0.460 e. The maximum atomic E-state index is 7.22. The number of rotatable bonds is 2. The molecule has 0 fully saturated rings. The number of hydrogen-bond acceptors (Lipinski definition) is 2. The van der Waals surface area contributed by atoms with E-state index in [1.807, 2.05) is 31.2 Å². The molecule has 3 N–H and O–H groups in total. The number of amidine groups is 1. The van der Waals surface area contributed by atoms with Crippen LogP contribution in [0.5, 0.6) is 0 Å². The van der Waals surface area contributed by atoms with Gasteiger partial charge in [-0.05, 0) is 18.6 Å². The van der Waals surface area contributed by atoms with E-state index < -0.39 is 0 Å². The van der Waals surface area contributed by atoms with Crippen molar-refractivity contribution >= 4 is 16.8 Å². The van der Waals surface area contributed by atoms with Crippen molar-refractivity contribution in [2.24, 2.45) is 5.73 Å². The summed E-state index contributed by atoms with van der Waals surface area (Å²) in [6, 6.07) is 7.84. The molecule has 0 radical (unpaired) electrons. The van der Waals surface area contributed by atoms with Crippen molar-refractivity contribution in [1.82, 2.24) is 0 Å². The maximum absolute atomic E-state index is 7.22. The summed E-state index contributed by atoms with van der Waals surface area (Å²) in [5.41, 5.74) is 7.28. The molecule has 0 spiro atoms. The average molecular weight is 188 g/mol. The van der Waals surface area contributed by atoms with Crippen LogP contribution in [-0.2, 0) is 6.42 Å². The predicted molar refractivity (Wildman–Crippen MR) is 56.6 cm³/mol. The van der Waals surface area contributed by atoms with Crippen molar-refractivity contribution in [1.29, 1.82) is 5.41 Å². The molecule has 0 saturated heterocycles. The van der Waals surface area contributed by atoms with E-state index in [2.05, 4.69) is 0 Å². The van der Waals surface area contributed by atoms with Crippen LogP contribution >= 0.6 is 0 Å². The fourth-order valence-electron chi connectivity index (χ4n) is 1.57. The molecule has 0 aliphatic carbocycles. The molecule has 2 aromatic rings. The zero-order chi connectivity index (χ0) is 10.1. The number of benzene rings is 1. The molecule has 2 rings (SSSR count). The highest BCUT2D eigenvalue weighted by molar-refractivity contribution is 5.85. The summed E-state index contributed by atoms with van der Waals surface area (Å²) in [6.45, 7) is 1.99. The van der Waals surface area contributed by atoms with Crippen LogP contribution in [0.15, 0.2) is 28.7 Å². The Labute approximate surface area is 82.0 Å². The van der Waals surface area contributed by atoms with Crippen molar-refractivity contribution in [3.8, 4) is 0 Å². The third-order valence-electron chi connectivity index (χ3n) is 2.29. The number of nitrogens with one attached hydrogen (secondary N) is 1. The Morgan fingerprint density at radius 3 is 2.79 bits per heavy atom. The third kappa shape index (κ3) is 1.37. The first-order valence-corrected chi connectivity index (χ1v) is 4.48. The lowest BCUT2D eigenvalue weighted by molar-refractivity contribution is 0.565. The molecular formula is C11H12N2O. The number of hydrogen-bond donors (Lipinski definition) is 2. The Bertz CT molecular complexity index is 485. The summed E-state index contributed by atoms with van der Waals surface area (Å²) in [6.07, 6.45) is 0.389. The Kier molecular flexibility index (Phi) is 2.00. The van der Waals surface area contributed by atoms with E-state index in [1.165, 1.54) is 0 Å². The minimum absolute atomic E-state index is 0.132. The van der Waals surface area contributed by atoms with Gasteiger partial charge < -0.3 is 10.2 Å². The molecule has 72 valence electrons. The molecule has 0 amide bonds. The molecule has 14 heavy (non-hydrogen) atoms. The lowest BCUT2D eigenvalue weighted by atomic mass is 10.1. The summed E-state index contributed by atoms with van der Waals surface area (Å²) in [5, 5.41) is 8.32. The van der Waals surface area contributed by atoms with E-state index in [-0.39, 0.29) is 5.84 Å². The van der Waals surface area contributed by atoms with Gasteiger partial charge in [0.05, 0.1) is 12.3 Å². The third-order valence-corrected chi connectivity index (χ3v) is 2.29. The molecule has 1 aromatic heterocycles. The number of aryl methyl sites for hydroxylation is 1. The van der Waals surface area contributed by atoms with Crippen LogP contribution in [0.3, 0.4) is 0 Å². The molecule has 0 aliphatic rings. The second-order valence-electron chi connectivity index (χ2n) is 3.35. The van der Waals surface area contributed by atoms with E-state index in [0.29, 0.717) is 6.42 Å². The fourth-order valence-corrected chi connectivity index (χ4v) is 1.57. The molecule has 0 atom stereocenters. The molecule has 0 aliphatic heterocycles. The summed E-state index contributed by atoms with van der Waals surface area (Å²) in [5.74, 6) is 0.922. The number of nitrogens with two attached hydrogens (primary N) is 1. The standard InChI is InChI=1S/C11H12N2O/c1-7-8-4-2-3-5-9(8)14-10(7)6-11(12)13/h2-5H,6H2,1H3,(H3,12,13). The highest BCUT2D eigenvalue weighted by Crippen LogP contribution is 2.24. The Morgan fingerprint density at radius 2 is 2.14 bits per heavy atom. The van der Waals surface area contributed by atoms with E-state index in [4.69, 9.17) is 15.6 Å². The summed E-state index contributed by atoms with van der Waals surface area (Å²) < 4.78 is 5.59. The highest BCUT2D eigenvalue weighted by atomic mass is 16.3. The van der Waals surface area contributed by atoms with Crippen LogP contribution < -0.4 is 5.73 Å². The summed E-state index contributed by atoms with van der Waals surface area (Å²) in [4.78, 5) is 0. The maximum Gasteiger partial charge on any atom is 0.134 e. The molecule has 1 aromatic carbocycles. The largest absolute Gasteiger partial charge is 0.460 e. The highest BCUT2D eigenvalue weighted by Gasteiger charge is 2.09.